The number of aromatic nitrogens is 3. The second-order valence-electron chi connectivity index (χ2n) is 8.35. The fraction of sp³-hybridized carbons (Fsp3) is 0.842. The van der Waals surface area contributed by atoms with Crippen molar-refractivity contribution in [1.82, 2.24) is 19.7 Å². The third-order valence-corrected chi connectivity index (χ3v) is 7.36. The first-order valence-electron chi connectivity index (χ1n) is 10.2. The van der Waals surface area contributed by atoms with Crippen LogP contribution in [0.2, 0.25) is 0 Å². The number of likely N-dealkylation sites (tertiary alicyclic amines) is 1. The highest BCUT2D eigenvalue weighted by molar-refractivity contribution is 7.99. The molecule has 136 valence electrons. The topological polar surface area (TPSA) is 51.0 Å². The Hall–Kier alpha value is -1.04. The van der Waals surface area contributed by atoms with Crippen molar-refractivity contribution in [2.45, 2.75) is 87.4 Å². The number of hydrogen-bond donors (Lipinski definition) is 0. The van der Waals surface area contributed by atoms with Gasteiger partial charge in [0.2, 0.25) is 5.91 Å². The Bertz CT molecular complexity index is 650. The number of carbonyl (C=O) groups excluding carboxylic acids is 1. The summed E-state index contributed by atoms with van der Waals surface area (Å²) in [6, 6.07) is 1.11. The lowest BCUT2D eigenvalue weighted by Gasteiger charge is -2.44. The van der Waals surface area contributed by atoms with E-state index in [1.165, 1.54) is 70.0 Å². The monoisotopic (exact) mass is 360 g/mol. The van der Waals surface area contributed by atoms with Crippen LogP contribution < -0.4 is 0 Å². The summed E-state index contributed by atoms with van der Waals surface area (Å²) in [7, 11) is 0. The van der Waals surface area contributed by atoms with E-state index in [1.807, 2.05) is 0 Å². The highest BCUT2D eigenvalue weighted by Crippen LogP contribution is 2.46. The van der Waals surface area contributed by atoms with Crippen LogP contribution in [0.4, 0.5) is 0 Å². The minimum atomic E-state index is 0.319. The van der Waals surface area contributed by atoms with E-state index in [2.05, 4.69) is 19.7 Å². The van der Waals surface area contributed by atoms with Gasteiger partial charge in [-0.1, -0.05) is 24.6 Å². The first kappa shape index (κ1) is 16.2. The third-order valence-electron chi connectivity index (χ3n) is 6.43. The van der Waals surface area contributed by atoms with Gasteiger partial charge in [-0.05, 0) is 57.3 Å². The van der Waals surface area contributed by atoms with Gasteiger partial charge in [0.25, 0.3) is 0 Å². The molecule has 0 N–H and O–H groups in total. The average molecular weight is 361 g/mol. The Morgan fingerprint density at radius 1 is 1.00 bits per heavy atom. The van der Waals surface area contributed by atoms with Crippen LogP contribution in [0.5, 0.6) is 0 Å². The number of hydrogen-bond acceptors (Lipinski definition) is 4. The fourth-order valence-electron chi connectivity index (χ4n) is 4.83. The Kier molecular flexibility index (Phi) is 4.27. The van der Waals surface area contributed by atoms with Crippen molar-refractivity contribution < 1.29 is 4.79 Å². The summed E-state index contributed by atoms with van der Waals surface area (Å²) in [4.78, 5) is 15.1. The molecule has 0 bridgehead atoms. The van der Waals surface area contributed by atoms with Gasteiger partial charge in [-0.25, -0.2) is 0 Å². The molecule has 6 heteroatoms. The molecule has 1 aromatic rings. The number of thioether (sulfide) groups is 1. The van der Waals surface area contributed by atoms with E-state index < -0.39 is 0 Å². The lowest BCUT2D eigenvalue weighted by atomic mass is 9.78. The average Bonchev–Trinajstić information content (AvgIpc) is 3.58. The van der Waals surface area contributed by atoms with Gasteiger partial charge in [0.05, 0.1) is 5.75 Å². The van der Waals surface area contributed by atoms with Gasteiger partial charge in [-0.2, -0.15) is 0 Å². The van der Waals surface area contributed by atoms with Crippen molar-refractivity contribution in [2.75, 3.05) is 12.3 Å². The van der Waals surface area contributed by atoms with Crippen LogP contribution in [0, 0.1) is 5.92 Å². The van der Waals surface area contributed by atoms with Gasteiger partial charge in [0.1, 0.15) is 5.82 Å². The molecule has 0 unspecified atom stereocenters. The Morgan fingerprint density at radius 2 is 1.80 bits per heavy atom. The lowest BCUT2D eigenvalue weighted by molar-refractivity contribution is -0.134. The van der Waals surface area contributed by atoms with E-state index in [0.717, 1.165) is 17.6 Å². The van der Waals surface area contributed by atoms with Crippen molar-refractivity contribution in [3.05, 3.63) is 5.82 Å². The van der Waals surface area contributed by atoms with Crippen LogP contribution in [-0.2, 0) is 4.79 Å². The SMILES string of the molecule is O=C(CSc1nnc(C2CC2)n1C1CC1)N1CCC[C@H]2CCCC[C@H]21. The minimum Gasteiger partial charge on any atom is -0.339 e. The van der Waals surface area contributed by atoms with Gasteiger partial charge >= 0.3 is 0 Å². The predicted molar refractivity (Wildman–Crippen MR) is 97.7 cm³/mol. The molecule has 2 heterocycles. The normalized spacial score (nSPS) is 29.5. The maximum absolute atomic E-state index is 12.9. The van der Waals surface area contributed by atoms with E-state index in [9.17, 15) is 4.79 Å². The van der Waals surface area contributed by atoms with Crippen LogP contribution in [0.1, 0.15) is 82.0 Å². The highest BCUT2D eigenvalue weighted by atomic mass is 32.2. The molecular weight excluding hydrogens is 332 g/mol. The highest BCUT2D eigenvalue weighted by Gasteiger charge is 2.38. The Labute approximate surface area is 153 Å². The van der Waals surface area contributed by atoms with Crippen molar-refractivity contribution in [2.24, 2.45) is 5.92 Å². The molecule has 0 spiro atoms. The van der Waals surface area contributed by atoms with Crippen LogP contribution in [0.3, 0.4) is 0 Å². The van der Waals surface area contributed by atoms with Crippen LogP contribution in [0.25, 0.3) is 0 Å². The van der Waals surface area contributed by atoms with Crippen LogP contribution >= 0.6 is 11.8 Å². The number of amides is 1. The minimum absolute atomic E-state index is 0.319. The second-order valence-corrected chi connectivity index (χ2v) is 9.29. The van der Waals surface area contributed by atoms with E-state index >= 15 is 0 Å². The summed E-state index contributed by atoms with van der Waals surface area (Å²) in [5.74, 6) is 3.41. The fourth-order valence-corrected chi connectivity index (χ4v) is 5.72. The first-order chi connectivity index (χ1) is 12.3. The molecule has 2 atom stereocenters. The largest absolute Gasteiger partial charge is 0.339 e. The predicted octanol–water partition coefficient (Wildman–Crippen LogP) is 3.76. The molecule has 3 aliphatic carbocycles. The number of piperidine rings is 1. The molecule has 4 fully saturated rings. The zero-order valence-corrected chi connectivity index (χ0v) is 15.7. The number of carbonyl (C=O) groups is 1. The third kappa shape index (κ3) is 3.22. The van der Waals surface area contributed by atoms with Crippen molar-refractivity contribution in [3.63, 3.8) is 0 Å². The van der Waals surface area contributed by atoms with Crippen molar-refractivity contribution >= 4 is 17.7 Å². The summed E-state index contributed by atoms with van der Waals surface area (Å²) in [5.41, 5.74) is 0. The molecule has 25 heavy (non-hydrogen) atoms. The molecule has 3 saturated carbocycles. The summed E-state index contributed by atoms with van der Waals surface area (Å²) in [5, 5.41) is 9.89. The molecule has 4 aliphatic rings. The van der Waals surface area contributed by atoms with Crippen molar-refractivity contribution in [1.29, 1.82) is 0 Å². The lowest BCUT2D eigenvalue weighted by Crippen LogP contribution is -2.50. The summed E-state index contributed by atoms with van der Waals surface area (Å²) >= 11 is 1.62. The first-order valence-corrected chi connectivity index (χ1v) is 11.2. The molecule has 1 aromatic heterocycles. The van der Waals surface area contributed by atoms with Crippen LogP contribution in [-0.4, -0.2) is 43.9 Å². The Balaban J connectivity index is 1.26. The summed E-state index contributed by atoms with van der Waals surface area (Å²) < 4.78 is 2.36. The smallest absolute Gasteiger partial charge is 0.233 e. The Morgan fingerprint density at radius 3 is 2.60 bits per heavy atom. The van der Waals surface area contributed by atoms with E-state index in [0.29, 0.717) is 29.7 Å². The quantitative estimate of drug-likeness (QED) is 0.750. The molecule has 0 aromatic carbocycles. The van der Waals surface area contributed by atoms with Gasteiger partial charge in [-0.3, -0.25) is 4.79 Å². The summed E-state index contributed by atoms with van der Waals surface area (Å²) in [6.07, 6.45) is 12.7. The number of rotatable bonds is 5. The molecule has 5 rings (SSSR count). The van der Waals surface area contributed by atoms with Crippen LogP contribution in [0.15, 0.2) is 5.16 Å². The molecule has 0 radical (unpaired) electrons. The van der Waals surface area contributed by atoms with E-state index in [1.54, 1.807) is 11.8 Å². The van der Waals surface area contributed by atoms with Gasteiger partial charge in [0.15, 0.2) is 5.16 Å². The summed E-state index contributed by atoms with van der Waals surface area (Å²) in [6.45, 7) is 0.962. The maximum Gasteiger partial charge on any atom is 0.233 e. The van der Waals surface area contributed by atoms with Gasteiger partial charge < -0.3 is 9.47 Å². The van der Waals surface area contributed by atoms with Gasteiger partial charge in [-0.15, -0.1) is 10.2 Å². The molecule has 1 amide bonds. The molecule has 1 saturated heterocycles. The molecule has 1 aliphatic heterocycles. The maximum atomic E-state index is 12.9. The molecule has 5 nitrogen and oxygen atoms in total. The molecular formula is C19H28N4OS. The standard InChI is InChI=1S/C19H28N4OS/c24-17(22-11-3-5-13-4-1-2-6-16(13)22)12-25-19-21-20-18(14-7-8-14)23(19)15-9-10-15/h13-16H,1-12H2/t13-,16-/m1/s1. The van der Waals surface area contributed by atoms with E-state index in [-0.39, 0.29) is 0 Å². The number of nitrogens with zero attached hydrogens (tertiary/aromatic N) is 4. The zero-order chi connectivity index (χ0) is 16.8. The number of fused-ring (bicyclic) bond motifs is 1. The van der Waals surface area contributed by atoms with Crippen molar-refractivity contribution in [3.8, 4) is 0 Å². The zero-order valence-electron chi connectivity index (χ0n) is 14.9. The second kappa shape index (κ2) is 6.60. The van der Waals surface area contributed by atoms with Gasteiger partial charge in [0, 0.05) is 24.5 Å². The van der Waals surface area contributed by atoms with E-state index in [4.69, 9.17) is 0 Å².